The van der Waals surface area contributed by atoms with Crippen molar-refractivity contribution >= 4 is 17.3 Å². The van der Waals surface area contributed by atoms with Crippen LogP contribution in [0.5, 0.6) is 0 Å². The number of carbonyl (C=O) groups is 1. The number of hydrogen-bond donors (Lipinski definition) is 2. The third kappa shape index (κ3) is 2.96. The quantitative estimate of drug-likeness (QED) is 0.847. The summed E-state index contributed by atoms with van der Waals surface area (Å²) in [5.41, 5.74) is 1.09. The number of amides is 1. The molecule has 1 aliphatic rings. The summed E-state index contributed by atoms with van der Waals surface area (Å²) < 4.78 is 13.4. The lowest BCUT2D eigenvalue weighted by Gasteiger charge is -2.34. The Balaban J connectivity index is 2.05. The molecule has 1 aromatic carbocycles. The van der Waals surface area contributed by atoms with Crippen molar-refractivity contribution in [2.75, 3.05) is 10.6 Å². The summed E-state index contributed by atoms with van der Waals surface area (Å²) >= 11 is 0. The first-order valence-corrected chi connectivity index (χ1v) is 5.88. The van der Waals surface area contributed by atoms with E-state index >= 15 is 0 Å². The summed E-state index contributed by atoms with van der Waals surface area (Å²) in [5, 5.41) is 5.81. The third-order valence-electron chi connectivity index (χ3n) is 3.02. The number of halogens is 1. The molecule has 0 radical (unpaired) electrons. The number of rotatable bonds is 3. The van der Waals surface area contributed by atoms with Crippen molar-refractivity contribution in [1.82, 2.24) is 0 Å². The molecule has 1 aromatic rings. The smallest absolute Gasteiger partial charge is 0.221 e. The molecule has 0 heterocycles. The summed E-state index contributed by atoms with van der Waals surface area (Å²) in [7, 11) is 0. The van der Waals surface area contributed by atoms with E-state index in [1.165, 1.54) is 13.0 Å². The molecule has 0 aromatic heterocycles. The van der Waals surface area contributed by atoms with Gasteiger partial charge in [0.05, 0.1) is 5.69 Å². The summed E-state index contributed by atoms with van der Waals surface area (Å²) in [6, 6.07) is 5.18. The molecule has 92 valence electrons. The number of nitrogens with one attached hydrogen (secondary N) is 2. The molecule has 1 fully saturated rings. The molecule has 2 N–H and O–H groups in total. The maximum absolute atomic E-state index is 13.4. The minimum atomic E-state index is -0.410. The Bertz CT molecular complexity index is 427. The van der Waals surface area contributed by atoms with Gasteiger partial charge in [0.25, 0.3) is 0 Å². The van der Waals surface area contributed by atoms with Crippen molar-refractivity contribution in [3.8, 4) is 0 Å². The second kappa shape index (κ2) is 4.73. The van der Waals surface area contributed by atoms with Gasteiger partial charge in [-0.1, -0.05) is 6.92 Å². The van der Waals surface area contributed by atoms with Gasteiger partial charge in [-0.3, -0.25) is 4.79 Å². The van der Waals surface area contributed by atoms with Gasteiger partial charge in [-0.25, -0.2) is 4.39 Å². The monoisotopic (exact) mass is 236 g/mol. The Morgan fingerprint density at radius 2 is 2.12 bits per heavy atom. The topological polar surface area (TPSA) is 41.1 Å². The van der Waals surface area contributed by atoms with Crippen LogP contribution in [0.4, 0.5) is 15.8 Å². The van der Waals surface area contributed by atoms with Crippen LogP contribution in [-0.2, 0) is 4.79 Å². The number of anilines is 2. The summed E-state index contributed by atoms with van der Waals surface area (Å²) in [5.74, 6) is 0.0915. The Morgan fingerprint density at radius 3 is 2.71 bits per heavy atom. The van der Waals surface area contributed by atoms with Gasteiger partial charge in [-0.2, -0.15) is 0 Å². The van der Waals surface area contributed by atoms with Crippen LogP contribution in [0.25, 0.3) is 0 Å². The minimum absolute atomic E-state index is 0.231. The zero-order chi connectivity index (χ0) is 12.4. The van der Waals surface area contributed by atoms with Crippen molar-refractivity contribution in [1.29, 1.82) is 0 Å². The van der Waals surface area contributed by atoms with Crippen LogP contribution in [0.1, 0.15) is 26.7 Å². The number of carbonyl (C=O) groups excluding carboxylic acids is 1. The van der Waals surface area contributed by atoms with E-state index in [0.717, 1.165) is 24.4 Å². The Hall–Kier alpha value is -1.58. The highest BCUT2D eigenvalue weighted by Gasteiger charge is 2.25. The minimum Gasteiger partial charge on any atom is -0.382 e. The average molecular weight is 236 g/mol. The molecule has 0 spiro atoms. The van der Waals surface area contributed by atoms with Crippen molar-refractivity contribution in [3.63, 3.8) is 0 Å². The van der Waals surface area contributed by atoms with Crippen LogP contribution < -0.4 is 10.6 Å². The fourth-order valence-corrected chi connectivity index (χ4v) is 2.16. The van der Waals surface area contributed by atoms with Crippen molar-refractivity contribution < 1.29 is 9.18 Å². The maximum Gasteiger partial charge on any atom is 0.221 e. The first-order chi connectivity index (χ1) is 8.04. The predicted molar refractivity (Wildman–Crippen MR) is 66.5 cm³/mol. The van der Waals surface area contributed by atoms with Crippen LogP contribution in [0, 0.1) is 11.7 Å². The van der Waals surface area contributed by atoms with Crippen LogP contribution in [0.15, 0.2) is 18.2 Å². The van der Waals surface area contributed by atoms with Crippen molar-refractivity contribution in [2.45, 2.75) is 32.7 Å². The molecule has 0 atom stereocenters. The van der Waals surface area contributed by atoms with E-state index in [-0.39, 0.29) is 11.6 Å². The molecule has 1 saturated carbocycles. The normalized spacial score (nSPS) is 22.8. The molecule has 3 nitrogen and oxygen atoms in total. The van der Waals surface area contributed by atoms with Gasteiger partial charge in [0.15, 0.2) is 0 Å². The van der Waals surface area contributed by atoms with Crippen LogP contribution in [-0.4, -0.2) is 11.9 Å². The van der Waals surface area contributed by atoms with Gasteiger partial charge in [0, 0.05) is 18.7 Å². The van der Waals surface area contributed by atoms with Crippen molar-refractivity contribution in [2.24, 2.45) is 5.92 Å². The Kier molecular flexibility index (Phi) is 3.31. The van der Waals surface area contributed by atoms with E-state index in [1.807, 2.05) is 0 Å². The third-order valence-corrected chi connectivity index (χ3v) is 3.02. The molecule has 0 bridgehead atoms. The highest BCUT2D eigenvalue weighted by atomic mass is 19.1. The number of benzene rings is 1. The average Bonchev–Trinajstić information content (AvgIpc) is 2.20. The van der Waals surface area contributed by atoms with Crippen LogP contribution >= 0.6 is 0 Å². The Morgan fingerprint density at radius 1 is 1.41 bits per heavy atom. The van der Waals surface area contributed by atoms with E-state index < -0.39 is 5.82 Å². The lowest BCUT2D eigenvalue weighted by Crippen LogP contribution is -2.33. The zero-order valence-electron chi connectivity index (χ0n) is 10.1. The highest BCUT2D eigenvalue weighted by Crippen LogP contribution is 2.30. The molecule has 2 rings (SSSR count). The lowest BCUT2D eigenvalue weighted by molar-refractivity contribution is -0.114. The first-order valence-electron chi connectivity index (χ1n) is 5.88. The van der Waals surface area contributed by atoms with Gasteiger partial charge < -0.3 is 10.6 Å². The van der Waals surface area contributed by atoms with E-state index in [0.29, 0.717) is 6.04 Å². The molecule has 0 aliphatic heterocycles. The highest BCUT2D eigenvalue weighted by molar-refractivity contribution is 5.89. The van der Waals surface area contributed by atoms with E-state index in [1.54, 1.807) is 12.1 Å². The summed E-state index contributed by atoms with van der Waals surface area (Å²) in [6.07, 6.45) is 2.29. The molecule has 1 aliphatic carbocycles. The largest absolute Gasteiger partial charge is 0.382 e. The second-order valence-electron chi connectivity index (χ2n) is 4.79. The fraction of sp³-hybridized carbons (Fsp3) is 0.462. The summed E-state index contributed by atoms with van der Waals surface area (Å²) in [6.45, 7) is 3.58. The van der Waals surface area contributed by atoms with Gasteiger partial charge in [0.2, 0.25) is 5.91 Å². The fourth-order valence-electron chi connectivity index (χ4n) is 2.16. The van der Waals surface area contributed by atoms with Crippen molar-refractivity contribution in [3.05, 3.63) is 24.0 Å². The second-order valence-corrected chi connectivity index (χ2v) is 4.79. The van der Waals surface area contributed by atoms with Gasteiger partial charge in [0.1, 0.15) is 5.82 Å². The number of hydrogen-bond acceptors (Lipinski definition) is 2. The molecule has 4 heteroatoms. The summed E-state index contributed by atoms with van der Waals surface area (Å²) in [4.78, 5) is 10.9. The van der Waals surface area contributed by atoms with Gasteiger partial charge >= 0.3 is 0 Å². The van der Waals surface area contributed by atoms with E-state index in [9.17, 15) is 9.18 Å². The first kappa shape index (κ1) is 11.9. The van der Waals surface area contributed by atoms with Gasteiger partial charge in [-0.15, -0.1) is 0 Å². The molecular weight excluding hydrogens is 219 g/mol. The molecule has 0 unspecified atom stereocenters. The Labute approximate surface area is 100 Å². The van der Waals surface area contributed by atoms with Crippen LogP contribution in [0.2, 0.25) is 0 Å². The maximum atomic E-state index is 13.4. The van der Waals surface area contributed by atoms with E-state index in [2.05, 4.69) is 17.6 Å². The molecule has 1 amide bonds. The standard InChI is InChI=1S/C13H17FN2O/c1-8-5-11(6-8)16-10-3-4-12(14)13(7-10)15-9(2)17/h3-4,7-8,11,16H,5-6H2,1-2H3,(H,15,17). The van der Waals surface area contributed by atoms with Gasteiger partial charge in [-0.05, 0) is 37.0 Å². The van der Waals surface area contributed by atoms with E-state index in [4.69, 9.17) is 0 Å². The predicted octanol–water partition coefficient (Wildman–Crippen LogP) is 2.99. The molecular formula is C13H17FN2O. The lowest BCUT2D eigenvalue weighted by atomic mass is 9.82. The molecule has 0 saturated heterocycles. The van der Waals surface area contributed by atoms with Crippen LogP contribution in [0.3, 0.4) is 0 Å². The SMILES string of the molecule is CC(=O)Nc1cc(NC2CC(C)C2)ccc1F. The molecule has 17 heavy (non-hydrogen) atoms. The zero-order valence-corrected chi connectivity index (χ0v) is 10.1.